The van der Waals surface area contributed by atoms with Crippen LogP contribution in [0, 0.1) is 5.92 Å². The monoisotopic (exact) mass is 218 g/mol. The molecule has 1 saturated heterocycles. The van der Waals surface area contributed by atoms with E-state index >= 15 is 0 Å². The Labute approximate surface area is 93.2 Å². The van der Waals surface area contributed by atoms with Crippen LogP contribution in [0.1, 0.15) is 20.8 Å². The Kier molecular flexibility index (Phi) is 5.21. The van der Waals surface area contributed by atoms with Gasteiger partial charge in [-0.3, -0.25) is 4.90 Å². The first-order valence-electron chi connectivity index (χ1n) is 5.69. The van der Waals surface area contributed by atoms with Gasteiger partial charge in [0.25, 0.3) is 0 Å². The van der Waals surface area contributed by atoms with E-state index in [-0.39, 0.29) is 0 Å². The predicted octanol–water partition coefficient (Wildman–Crippen LogP) is 1.89. The molecule has 14 heavy (non-hydrogen) atoms. The van der Waals surface area contributed by atoms with E-state index in [0.717, 1.165) is 12.4 Å². The van der Waals surface area contributed by atoms with Crippen LogP contribution in [0.5, 0.6) is 0 Å². The van der Waals surface area contributed by atoms with Gasteiger partial charge in [0, 0.05) is 38.1 Å². The molecule has 0 spiro atoms. The smallest absolute Gasteiger partial charge is 0.0261 e. The van der Waals surface area contributed by atoms with Gasteiger partial charge < -0.3 is 4.90 Å². The maximum atomic E-state index is 5.83. The second-order valence-corrected chi connectivity index (χ2v) is 4.81. The minimum absolute atomic E-state index is 0.622. The van der Waals surface area contributed by atoms with Crippen molar-refractivity contribution in [3.05, 3.63) is 0 Å². The molecular formula is C11H23ClN2. The van der Waals surface area contributed by atoms with Gasteiger partial charge in [-0.1, -0.05) is 13.8 Å². The van der Waals surface area contributed by atoms with Crippen LogP contribution in [0.2, 0.25) is 0 Å². The van der Waals surface area contributed by atoms with Crippen LogP contribution >= 0.6 is 11.6 Å². The molecule has 2 atom stereocenters. The van der Waals surface area contributed by atoms with Crippen molar-refractivity contribution >= 4 is 11.6 Å². The van der Waals surface area contributed by atoms with Crippen LogP contribution in [0.4, 0.5) is 0 Å². The number of piperazine rings is 1. The quantitative estimate of drug-likeness (QED) is 0.665. The van der Waals surface area contributed by atoms with Crippen LogP contribution in [0.3, 0.4) is 0 Å². The standard InChI is InChI=1S/C11H23ClN2/c1-4-14-6-5-13(9-11(14)3)8-10(2)7-12/h10-11H,4-9H2,1-3H3. The van der Waals surface area contributed by atoms with E-state index in [2.05, 4.69) is 30.6 Å². The molecule has 1 rings (SSSR count). The van der Waals surface area contributed by atoms with Crippen LogP contribution in [0.15, 0.2) is 0 Å². The molecule has 2 unspecified atom stereocenters. The lowest BCUT2D eigenvalue weighted by molar-refractivity contribution is 0.0808. The normalized spacial score (nSPS) is 27.9. The molecule has 2 nitrogen and oxygen atoms in total. The second kappa shape index (κ2) is 5.94. The number of halogens is 1. The van der Waals surface area contributed by atoms with Crippen LogP contribution < -0.4 is 0 Å². The van der Waals surface area contributed by atoms with E-state index in [0.29, 0.717) is 12.0 Å². The molecule has 0 radical (unpaired) electrons. The van der Waals surface area contributed by atoms with Gasteiger partial charge in [0.2, 0.25) is 0 Å². The van der Waals surface area contributed by atoms with E-state index in [1.165, 1.54) is 26.2 Å². The lowest BCUT2D eigenvalue weighted by Crippen LogP contribution is -2.52. The number of hydrogen-bond acceptors (Lipinski definition) is 2. The second-order valence-electron chi connectivity index (χ2n) is 4.50. The van der Waals surface area contributed by atoms with Crippen LogP contribution in [-0.2, 0) is 0 Å². The van der Waals surface area contributed by atoms with Crippen molar-refractivity contribution in [2.75, 3.05) is 38.6 Å². The fourth-order valence-corrected chi connectivity index (χ4v) is 2.29. The van der Waals surface area contributed by atoms with Gasteiger partial charge in [-0.15, -0.1) is 11.6 Å². The minimum Gasteiger partial charge on any atom is -0.300 e. The van der Waals surface area contributed by atoms with Gasteiger partial charge in [-0.2, -0.15) is 0 Å². The van der Waals surface area contributed by atoms with Crippen molar-refractivity contribution in [3.8, 4) is 0 Å². The summed E-state index contributed by atoms with van der Waals surface area (Å²) in [5.41, 5.74) is 0. The van der Waals surface area contributed by atoms with Crippen molar-refractivity contribution in [1.29, 1.82) is 0 Å². The Morgan fingerprint density at radius 1 is 1.43 bits per heavy atom. The summed E-state index contributed by atoms with van der Waals surface area (Å²) in [6.45, 7) is 12.8. The first kappa shape index (κ1) is 12.3. The molecule has 0 saturated carbocycles. The highest BCUT2D eigenvalue weighted by Crippen LogP contribution is 2.11. The number of likely N-dealkylation sites (N-methyl/N-ethyl adjacent to an activating group) is 1. The zero-order valence-corrected chi connectivity index (χ0v) is 10.4. The summed E-state index contributed by atoms with van der Waals surface area (Å²) < 4.78 is 0. The Balaban J connectivity index is 2.31. The summed E-state index contributed by atoms with van der Waals surface area (Å²) >= 11 is 5.83. The zero-order valence-electron chi connectivity index (χ0n) is 9.67. The van der Waals surface area contributed by atoms with E-state index in [1.807, 2.05) is 0 Å². The molecule has 1 aliphatic rings. The fraction of sp³-hybridized carbons (Fsp3) is 1.00. The maximum absolute atomic E-state index is 5.83. The molecule has 0 N–H and O–H groups in total. The Hall–Kier alpha value is 0.210. The third kappa shape index (κ3) is 3.41. The van der Waals surface area contributed by atoms with E-state index in [1.54, 1.807) is 0 Å². The molecule has 84 valence electrons. The highest BCUT2D eigenvalue weighted by Gasteiger charge is 2.22. The molecular weight excluding hydrogens is 196 g/mol. The van der Waals surface area contributed by atoms with Gasteiger partial charge in [0.1, 0.15) is 0 Å². The molecule has 1 fully saturated rings. The Morgan fingerprint density at radius 3 is 2.64 bits per heavy atom. The lowest BCUT2D eigenvalue weighted by atomic mass is 10.1. The van der Waals surface area contributed by atoms with Crippen molar-refractivity contribution in [1.82, 2.24) is 9.80 Å². The lowest BCUT2D eigenvalue weighted by Gasteiger charge is -2.40. The number of rotatable bonds is 4. The fourth-order valence-electron chi connectivity index (χ4n) is 2.20. The highest BCUT2D eigenvalue weighted by molar-refractivity contribution is 6.18. The first-order chi connectivity index (χ1) is 6.67. The number of hydrogen-bond donors (Lipinski definition) is 0. The van der Waals surface area contributed by atoms with Crippen molar-refractivity contribution in [3.63, 3.8) is 0 Å². The highest BCUT2D eigenvalue weighted by atomic mass is 35.5. The molecule has 1 heterocycles. The first-order valence-corrected chi connectivity index (χ1v) is 6.23. The largest absolute Gasteiger partial charge is 0.300 e. The molecule has 0 bridgehead atoms. The summed E-state index contributed by atoms with van der Waals surface area (Å²) in [6, 6.07) is 0.705. The number of nitrogens with zero attached hydrogens (tertiary/aromatic N) is 2. The van der Waals surface area contributed by atoms with Gasteiger partial charge in [-0.05, 0) is 19.4 Å². The van der Waals surface area contributed by atoms with Gasteiger partial charge in [0.05, 0.1) is 0 Å². The Bertz CT molecular complexity index is 163. The third-order valence-corrected chi connectivity index (χ3v) is 3.62. The van der Waals surface area contributed by atoms with Crippen LogP contribution in [0.25, 0.3) is 0 Å². The predicted molar refractivity (Wildman–Crippen MR) is 63.0 cm³/mol. The maximum Gasteiger partial charge on any atom is 0.0261 e. The van der Waals surface area contributed by atoms with Gasteiger partial charge in [-0.25, -0.2) is 0 Å². The molecule has 3 heteroatoms. The summed E-state index contributed by atoms with van der Waals surface area (Å²) in [5, 5.41) is 0. The minimum atomic E-state index is 0.622. The molecule has 0 aromatic rings. The summed E-state index contributed by atoms with van der Waals surface area (Å²) in [7, 11) is 0. The summed E-state index contributed by atoms with van der Waals surface area (Å²) in [4.78, 5) is 5.09. The van der Waals surface area contributed by atoms with Crippen molar-refractivity contribution < 1.29 is 0 Å². The molecule has 1 aliphatic heterocycles. The average molecular weight is 219 g/mol. The third-order valence-electron chi connectivity index (χ3n) is 3.09. The summed E-state index contributed by atoms with van der Waals surface area (Å²) in [6.07, 6.45) is 0. The average Bonchev–Trinajstić information content (AvgIpc) is 2.18. The van der Waals surface area contributed by atoms with E-state index in [9.17, 15) is 0 Å². The molecule has 0 aliphatic carbocycles. The van der Waals surface area contributed by atoms with Gasteiger partial charge >= 0.3 is 0 Å². The van der Waals surface area contributed by atoms with Gasteiger partial charge in [0.15, 0.2) is 0 Å². The van der Waals surface area contributed by atoms with Crippen molar-refractivity contribution in [2.24, 2.45) is 5.92 Å². The Morgan fingerprint density at radius 2 is 2.14 bits per heavy atom. The number of alkyl halides is 1. The molecule has 0 aromatic heterocycles. The summed E-state index contributed by atoms with van der Waals surface area (Å²) in [5.74, 6) is 1.40. The van der Waals surface area contributed by atoms with Crippen molar-refractivity contribution in [2.45, 2.75) is 26.8 Å². The van der Waals surface area contributed by atoms with E-state index in [4.69, 9.17) is 11.6 Å². The SMILES string of the molecule is CCN1CCN(CC(C)CCl)CC1C. The molecule has 0 aromatic carbocycles. The van der Waals surface area contributed by atoms with E-state index < -0.39 is 0 Å². The topological polar surface area (TPSA) is 6.48 Å². The van der Waals surface area contributed by atoms with Crippen LogP contribution in [-0.4, -0.2) is 54.4 Å². The molecule has 0 amide bonds. The zero-order chi connectivity index (χ0) is 10.6.